The third-order valence-electron chi connectivity index (χ3n) is 6.03. The molecule has 1 aromatic carbocycles. The highest BCUT2D eigenvalue weighted by Crippen LogP contribution is 2.54. The number of hydrogen-bond acceptors (Lipinski definition) is 4. The summed E-state index contributed by atoms with van der Waals surface area (Å²) in [7, 11) is -3.69. The average molecular weight is 377 g/mol. The van der Waals surface area contributed by atoms with Crippen molar-refractivity contribution in [2.75, 3.05) is 24.2 Å². The molecule has 2 N–H and O–H groups in total. The number of rotatable bonds is 4. The molecule has 2 aliphatic heterocycles. The molecule has 1 aliphatic carbocycles. The Hall–Kier alpha value is -1.93. The number of nitrogens with zero attached hydrogens (tertiary/aromatic N) is 2. The van der Waals surface area contributed by atoms with Crippen molar-refractivity contribution in [3.05, 3.63) is 29.8 Å². The van der Waals surface area contributed by atoms with Crippen molar-refractivity contribution in [3.8, 4) is 0 Å². The fourth-order valence-electron chi connectivity index (χ4n) is 4.63. The molecular formula is C18H23N3O4S. The van der Waals surface area contributed by atoms with Gasteiger partial charge in [-0.3, -0.25) is 9.59 Å². The number of benzene rings is 1. The predicted octanol–water partition coefficient (Wildman–Crippen LogP) is 0.662. The monoisotopic (exact) mass is 377 g/mol. The SMILES string of the molecule is C[C@@]12C(=O)N(CC3CC3)c3ccccc3[C@@H]1[C@@H](C(N)=O)CN2S(C)(=O)=O. The fourth-order valence-corrected chi connectivity index (χ4v) is 5.94. The highest BCUT2D eigenvalue weighted by atomic mass is 32.2. The van der Waals surface area contributed by atoms with E-state index in [1.165, 1.54) is 4.31 Å². The van der Waals surface area contributed by atoms with Crippen LogP contribution in [0.5, 0.6) is 0 Å². The van der Waals surface area contributed by atoms with Gasteiger partial charge in [0.15, 0.2) is 0 Å². The van der Waals surface area contributed by atoms with Gasteiger partial charge in [-0.2, -0.15) is 4.31 Å². The molecule has 0 aromatic heterocycles. The van der Waals surface area contributed by atoms with E-state index in [4.69, 9.17) is 5.73 Å². The molecule has 3 atom stereocenters. The van der Waals surface area contributed by atoms with E-state index in [2.05, 4.69) is 0 Å². The van der Waals surface area contributed by atoms with Gasteiger partial charge in [-0.15, -0.1) is 0 Å². The van der Waals surface area contributed by atoms with E-state index in [1.54, 1.807) is 11.8 Å². The second-order valence-corrected chi connectivity index (χ2v) is 9.75. The van der Waals surface area contributed by atoms with Crippen LogP contribution in [0.3, 0.4) is 0 Å². The van der Waals surface area contributed by atoms with Crippen LogP contribution >= 0.6 is 0 Å². The number of carbonyl (C=O) groups excluding carboxylic acids is 2. The molecule has 1 aromatic rings. The summed E-state index contributed by atoms with van der Waals surface area (Å²) < 4.78 is 26.1. The summed E-state index contributed by atoms with van der Waals surface area (Å²) in [4.78, 5) is 27.4. The maximum atomic E-state index is 13.5. The van der Waals surface area contributed by atoms with Gasteiger partial charge >= 0.3 is 0 Å². The van der Waals surface area contributed by atoms with Gasteiger partial charge in [-0.1, -0.05) is 18.2 Å². The van der Waals surface area contributed by atoms with Crippen LogP contribution in [0.25, 0.3) is 0 Å². The zero-order valence-electron chi connectivity index (χ0n) is 14.9. The summed E-state index contributed by atoms with van der Waals surface area (Å²) in [6.45, 7) is 2.16. The van der Waals surface area contributed by atoms with Gasteiger partial charge in [0, 0.05) is 24.7 Å². The normalized spacial score (nSPS) is 31.6. The molecule has 0 bridgehead atoms. The summed E-state index contributed by atoms with van der Waals surface area (Å²) in [5.41, 5.74) is 5.87. The lowest BCUT2D eigenvalue weighted by Crippen LogP contribution is -2.61. The maximum Gasteiger partial charge on any atom is 0.248 e. The Morgan fingerprint density at radius 2 is 1.96 bits per heavy atom. The molecule has 1 saturated heterocycles. The van der Waals surface area contributed by atoms with E-state index in [0.29, 0.717) is 12.5 Å². The van der Waals surface area contributed by atoms with E-state index in [-0.39, 0.29) is 12.5 Å². The smallest absolute Gasteiger partial charge is 0.248 e. The van der Waals surface area contributed by atoms with Crippen LogP contribution in [0.4, 0.5) is 5.69 Å². The minimum absolute atomic E-state index is 0.0628. The molecule has 3 aliphatic rings. The Balaban J connectivity index is 1.93. The zero-order chi connectivity index (χ0) is 18.9. The average Bonchev–Trinajstić information content (AvgIpc) is 3.31. The Kier molecular flexibility index (Phi) is 3.72. The Morgan fingerprint density at radius 1 is 1.31 bits per heavy atom. The van der Waals surface area contributed by atoms with Crippen LogP contribution in [0, 0.1) is 11.8 Å². The quantitative estimate of drug-likeness (QED) is 0.833. The van der Waals surface area contributed by atoms with E-state index in [1.807, 2.05) is 24.3 Å². The Bertz CT molecular complexity index is 895. The number of hydrogen-bond donors (Lipinski definition) is 1. The Morgan fingerprint density at radius 3 is 2.54 bits per heavy atom. The summed E-state index contributed by atoms with van der Waals surface area (Å²) in [5, 5.41) is 0. The first-order valence-electron chi connectivity index (χ1n) is 8.83. The number of nitrogens with two attached hydrogens (primary N) is 1. The first kappa shape index (κ1) is 17.5. The molecule has 26 heavy (non-hydrogen) atoms. The van der Waals surface area contributed by atoms with Crippen molar-refractivity contribution < 1.29 is 18.0 Å². The number of carbonyl (C=O) groups is 2. The molecular weight excluding hydrogens is 354 g/mol. The van der Waals surface area contributed by atoms with E-state index in [0.717, 1.165) is 30.3 Å². The highest BCUT2D eigenvalue weighted by Gasteiger charge is 2.64. The summed E-state index contributed by atoms with van der Waals surface area (Å²) in [5.74, 6) is -1.70. The number of primary amides is 1. The lowest BCUT2D eigenvalue weighted by molar-refractivity contribution is -0.127. The van der Waals surface area contributed by atoms with E-state index >= 15 is 0 Å². The molecule has 8 heteroatoms. The van der Waals surface area contributed by atoms with Gasteiger partial charge in [-0.25, -0.2) is 8.42 Å². The molecule has 140 valence electrons. The van der Waals surface area contributed by atoms with Gasteiger partial charge in [-0.05, 0) is 37.3 Å². The van der Waals surface area contributed by atoms with Crippen LogP contribution in [0.1, 0.15) is 31.2 Å². The molecule has 2 heterocycles. The lowest BCUT2D eigenvalue weighted by atomic mass is 9.72. The Labute approximate surface area is 153 Å². The molecule has 4 rings (SSSR count). The largest absolute Gasteiger partial charge is 0.369 e. The summed E-state index contributed by atoms with van der Waals surface area (Å²) in [6.07, 6.45) is 3.23. The number of para-hydroxylation sites is 1. The van der Waals surface area contributed by atoms with Gasteiger partial charge in [0.25, 0.3) is 0 Å². The standard InChI is InChI=1S/C18H23N3O4S/c1-18-15(13(16(19)22)10-21(18)26(2,24)25)12-5-3-4-6-14(12)20(17(18)23)9-11-7-8-11/h3-6,11,13,15H,7-10H2,1-2H3,(H2,19,22)/t13-,15+,18-/m0/s1. The first-order chi connectivity index (χ1) is 12.2. The fraction of sp³-hybridized carbons (Fsp3) is 0.556. The first-order valence-corrected chi connectivity index (χ1v) is 10.7. The van der Waals surface area contributed by atoms with Gasteiger partial charge < -0.3 is 10.6 Å². The molecule has 1 saturated carbocycles. The van der Waals surface area contributed by atoms with Gasteiger partial charge in [0.05, 0.1) is 12.2 Å². The zero-order valence-corrected chi connectivity index (χ0v) is 15.7. The number of anilines is 1. The van der Waals surface area contributed by atoms with Crippen molar-refractivity contribution in [2.24, 2.45) is 17.6 Å². The third-order valence-corrected chi connectivity index (χ3v) is 7.36. The van der Waals surface area contributed by atoms with Crippen molar-refractivity contribution >= 4 is 27.5 Å². The highest BCUT2D eigenvalue weighted by molar-refractivity contribution is 7.88. The second kappa shape index (κ2) is 5.53. The number of sulfonamides is 1. The summed E-state index contributed by atoms with van der Waals surface area (Å²) in [6, 6.07) is 7.46. The van der Waals surface area contributed by atoms with Gasteiger partial charge in [0.1, 0.15) is 5.54 Å². The topological polar surface area (TPSA) is 101 Å². The van der Waals surface area contributed by atoms with Gasteiger partial charge in [0.2, 0.25) is 21.8 Å². The molecule has 0 unspecified atom stereocenters. The molecule has 7 nitrogen and oxygen atoms in total. The molecule has 0 spiro atoms. The maximum absolute atomic E-state index is 13.5. The van der Waals surface area contributed by atoms with Crippen molar-refractivity contribution in [1.29, 1.82) is 0 Å². The van der Waals surface area contributed by atoms with Crippen LogP contribution < -0.4 is 10.6 Å². The second-order valence-electron chi connectivity index (χ2n) is 7.85. The minimum Gasteiger partial charge on any atom is -0.369 e. The lowest BCUT2D eigenvalue weighted by Gasteiger charge is -2.46. The molecule has 2 fully saturated rings. The predicted molar refractivity (Wildman–Crippen MR) is 96.9 cm³/mol. The molecule has 2 amide bonds. The van der Waals surface area contributed by atoms with Crippen molar-refractivity contribution in [3.63, 3.8) is 0 Å². The number of amides is 2. The van der Waals surface area contributed by atoms with Crippen molar-refractivity contribution in [1.82, 2.24) is 4.31 Å². The van der Waals surface area contributed by atoms with E-state index < -0.39 is 33.3 Å². The van der Waals surface area contributed by atoms with Crippen molar-refractivity contribution in [2.45, 2.75) is 31.2 Å². The van der Waals surface area contributed by atoms with Crippen LogP contribution in [-0.4, -0.2) is 49.4 Å². The molecule has 0 radical (unpaired) electrons. The van der Waals surface area contributed by atoms with Crippen LogP contribution in [-0.2, 0) is 19.6 Å². The third kappa shape index (κ3) is 2.39. The van der Waals surface area contributed by atoms with Crippen LogP contribution in [0.2, 0.25) is 0 Å². The van der Waals surface area contributed by atoms with Crippen LogP contribution in [0.15, 0.2) is 24.3 Å². The number of fused-ring (bicyclic) bond motifs is 3. The minimum atomic E-state index is -3.69. The van der Waals surface area contributed by atoms with E-state index in [9.17, 15) is 18.0 Å². The summed E-state index contributed by atoms with van der Waals surface area (Å²) >= 11 is 0.